The minimum Gasteiger partial charge on any atom is -0.303 e. The van der Waals surface area contributed by atoms with Crippen molar-refractivity contribution in [2.75, 3.05) is 0 Å². The number of carbonyl (C=O) groups excluding carboxylic acids is 1. The van der Waals surface area contributed by atoms with Crippen molar-refractivity contribution in [1.82, 2.24) is 0 Å². The predicted octanol–water partition coefficient (Wildman–Crippen LogP) is 5.91. The maximum absolute atomic E-state index is 10.2. The van der Waals surface area contributed by atoms with Crippen molar-refractivity contribution >= 4 is 6.29 Å². The van der Waals surface area contributed by atoms with Crippen LogP contribution in [0.15, 0.2) is 0 Å². The van der Waals surface area contributed by atoms with Crippen molar-refractivity contribution in [3.05, 3.63) is 0 Å². The van der Waals surface area contributed by atoms with E-state index in [1.165, 1.54) is 64.2 Å². The summed E-state index contributed by atoms with van der Waals surface area (Å²) in [5.74, 6) is 0. The van der Waals surface area contributed by atoms with Crippen molar-refractivity contribution in [2.45, 2.75) is 109 Å². The lowest BCUT2D eigenvalue weighted by Gasteiger charge is -2.12. The Labute approximate surface area is 131 Å². The lowest BCUT2D eigenvalue weighted by atomic mass is 10.0. The van der Waals surface area contributed by atoms with E-state index in [2.05, 4.69) is 11.8 Å². The highest BCUT2D eigenvalue weighted by atomic mass is 17.1. The Morgan fingerprint density at radius 3 is 1.76 bits per heavy atom. The van der Waals surface area contributed by atoms with Crippen molar-refractivity contribution in [1.29, 1.82) is 0 Å². The van der Waals surface area contributed by atoms with E-state index in [1.54, 1.807) is 0 Å². The first kappa shape index (κ1) is 20.6. The molecule has 1 atom stereocenters. The SMILES string of the molecule is CCCCCCC(CCCCCCCCCCC=O)OO. The Morgan fingerprint density at radius 1 is 0.810 bits per heavy atom. The molecule has 21 heavy (non-hydrogen) atoms. The molecule has 3 heteroatoms. The highest BCUT2D eigenvalue weighted by Gasteiger charge is 2.08. The summed E-state index contributed by atoms with van der Waals surface area (Å²) in [6, 6.07) is 0. The van der Waals surface area contributed by atoms with Crippen molar-refractivity contribution in [2.24, 2.45) is 0 Å². The van der Waals surface area contributed by atoms with Gasteiger partial charge in [0.15, 0.2) is 0 Å². The fourth-order valence-electron chi connectivity index (χ4n) is 2.71. The topological polar surface area (TPSA) is 46.5 Å². The van der Waals surface area contributed by atoms with E-state index < -0.39 is 0 Å². The second-order valence-electron chi connectivity index (χ2n) is 6.15. The van der Waals surface area contributed by atoms with Crippen LogP contribution in [0.3, 0.4) is 0 Å². The number of carbonyl (C=O) groups is 1. The van der Waals surface area contributed by atoms with Crippen LogP contribution in [0.1, 0.15) is 103 Å². The van der Waals surface area contributed by atoms with Gasteiger partial charge in [0.1, 0.15) is 6.29 Å². The molecule has 3 nitrogen and oxygen atoms in total. The molecule has 0 aromatic heterocycles. The smallest absolute Gasteiger partial charge is 0.119 e. The van der Waals surface area contributed by atoms with Gasteiger partial charge in [-0.3, -0.25) is 5.26 Å². The number of rotatable bonds is 17. The fourth-order valence-corrected chi connectivity index (χ4v) is 2.71. The Kier molecular flexibility index (Phi) is 17.3. The third-order valence-electron chi connectivity index (χ3n) is 4.13. The average Bonchev–Trinajstić information content (AvgIpc) is 2.51. The zero-order valence-electron chi connectivity index (χ0n) is 14.0. The van der Waals surface area contributed by atoms with Crippen LogP contribution in [-0.2, 0) is 9.68 Å². The van der Waals surface area contributed by atoms with E-state index >= 15 is 0 Å². The normalized spacial score (nSPS) is 12.5. The minimum absolute atomic E-state index is 0.0465. The van der Waals surface area contributed by atoms with E-state index in [0.717, 1.165) is 38.4 Å². The summed E-state index contributed by atoms with van der Waals surface area (Å²) in [5, 5.41) is 8.90. The molecule has 1 N–H and O–H groups in total. The van der Waals surface area contributed by atoms with Crippen LogP contribution in [-0.4, -0.2) is 17.6 Å². The van der Waals surface area contributed by atoms with Crippen molar-refractivity contribution in [3.63, 3.8) is 0 Å². The lowest BCUT2D eigenvalue weighted by molar-refractivity contribution is -0.281. The maximum Gasteiger partial charge on any atom is 0.119 e. The molecule has 126 valence electrons. The predicted molar refractivity (Wildman–Crippen MR) is 88.5 cm³/mol. The zero-order valence-corrected chi connectivity index (χ0v) is 14.0. The first-order valence-electron chi connectivity index (χ1n) is 9.09. The van der Waals surface area contributed by atoms with Gasteiger partial charge in [-0.1, -0.05) is 77.6 Å². The molecule has 0 heterocycles. The van der Waals surface area contributed by atoms with Crippen LogP contribution in [0.5, 0.6) is 0 Å². The minimum atomic E-state index is 0.0465. The molecule has 0 amide bonds. The van der Waals surface area contributed by atoms with Gasteiger partial charge < -0.3 is 4.79 Å². The van der Waals surface area contributed by atoms with E-state index in [-0.39, 0.29) is 6.10 Å². The summed E-state index contributed by atoms with van der Waals surface area (Å²) in [4.78, 5) is 14.7. The summed E-state index contributed by atoms with van der Waals surface area (Å²) in [7, 11) is 0. The molecule has 0 spiro atoms. The van der Waals surface area contributed by atoms with Crippen LogP contribution in [0.4, 0.5) is 0 Å². The van der Waals surface area contributed by atoms with Crippen molar-refractivity contribution < 1.29 is 14.9 Å². The molecule has 1 unspecified atom stereocenters. The van der Waals surface area contributed by atoms with Gasteiger partial charge >= 0.3 is 0 Å². The first-order valence-corrected chi connectivity index (χ1v) is 9.09. The summed E-state index contributed by atoms with van der Waals surface area (Å²) in [6.07, 6.45) is 18.5. The van der Waals surface area contributed by atoms with Gasteiger partial charge in [0.2, 0.25) is 0 Å². The third kappa shape index (κ3) is 15.8. The molecule has 0 rings (SSSR count). The largest absolute Gasteiger partial charge is 0.303 e. The van der Waals surface area contributed by atoms with E-state index in [4.69, 9.17) is 5.26 Å². The monoisotopic (exact) mass is 300 g/mol. The van der Waals surface area contributed by atoms with Gasteiger partial charge in [0, 0.05) is 6.42 Å². The van der Waals surface area contributed by atoms with Crippen LogP contribution in [0.25, 0.3) is 0 Å². The van der Waals surface area contributed by atoms with E-state index in [1.807, 2.05) is 0 Å². The van der Waals surface area contributed by atoms with Crippen LogP contribution in [0.2, 0.25) is 0 Å². The van der Waals surface area contributed by atoms with E-state index in [9.17, 15) is 4.79 Å². The molecule has 0 aliphatic heterocycles. The lowest BCUT2D eigenvalue weighted by Crippen LogP contribution is -2.10. The molecule has 0 saturated heterocycles. The maximum atomic E-state index is 10.2. The molecule has 0 aliphatic rings. The van der Waals surface area contributed by atoms with Gasteiger partial charge in [-0.25, -0.2) is 4.89 Å². The molecular weight excluding hydrogens is 264 g/mol. The number of aldehydes is 1. The average molecular weight is 300 g/mol. The first-order chi connectivity index (χ1) is 10.3. The molecule has 0 aromatic carbocycles. The summed E-state index contributed by atoms with van der Waals surface area (Å²) in [5.41, 5.74) is 0. The zero-order chi connectivity index (χ0) is 15.6. The number of hydrogen-bond donors (Lipinski definition) is 1. The summed E-state index contributed by atoms with van der Waals surface area (Å²) >= 11 is 0. The highest BCUT2D eigenvalue weighted by Crippen LogP contribution is 2.15. The number of hydrogen-bond acceptors (Lipinski definition) is 3. The Balaban J connectivity index is 3.25. The molecular formula is C18H36O3. The summed E-state index contributed by atoms with van der Waals surface area (Å²) < 4.78 is 0. The molecule has 0 radical (unpaired) electrons. The van der Waals surface area contributed by atoms with Crippen LogP contribution < -0.4 is 0 Å². The Morgan fingerprint density at radius 2 is 1.29 bits per heavy atom. The van der Waals surface area contributed by atoms with Gasteiger partial charge in [-0.2, -0.15) is 0 Å². The summed E-state index contributed by atoms with van der Waals surface area (Å²) in [6.45, 7) is 2.21. The third-order valence-corrected chi connectivity index (χ3v) is 4.13. The quantitative estimate of drug-likeness (QED) is 0.157. The second-order valence-corrected chi connectivity index (χ2v) is 6.15. The molecule has 0 aromatic rings. The van der Waals surface area contributed by atoms with Crippen LogP contribution in [0, 0.1) is 0 Å². The molecule has 0 fully saturated rings. The fraction of sp³-hybridized carbons (Fsp3) is 0.944. The number of unbranched alkanes of at least 4 members (excludes halogenated alkanes) is 11. The Hall–Kier alpha value is -0.410. The van der Waals surface area contributed by atoms with Gasteiger partial charge in [-0.05, 0) is 19.3 Å². The van der Waals surface area contributed by atoms with Gasteiger partial charge in [0.25, 0.3) is 0 Å². The van der Waals surface area contributed by atoms with E-state index in [0.29, 0.717) is 0 Å². The standard InChI is InChI=1S/C18H36O3/c1-2-3-4-12-15-18(21-20)16-13-10-8-6-5-7-9-11-14-17-19/h17-18,20H,2-16H2,1H3. The molecule has 0 aliphatic carbocycles. The van der Waals surface area contributed by atoms with Gasteiger partial charge in [0.05, 0.1) is 6.10 Å². The highest BCUT2D eigenvalue weighted by molar-refractivity contribution is 5.48. The van der Waals surface area contributed by atoms with Crippen molar-refractivity contribution in [3.8, 4) is 0 Å². The van der Waals surface area contributed by atoms with Gasteiger partial charge in [-0.15, -0.1) is 0 Å². The second kappa shape index (κ2) is 17.6. The molecule has 0 bridgehead atoms. The van der Waals surface area contributed by atoms with Crippen LogP contribution >= 0.6 is 0 Å². The molecule has 0 saturated carbocycles. The Bertz CT molecular complexity index is 207.